The standard InChI is InChI=1S/C30H33ClN7/c1-35-11-13-36(14-12-35)25-17-24(18-25)29-28-19-33-9-15-38(28,32)30(34-29)22-6-7-27-21(16-22)8-10-37(27)20-23-4-2-3-5-26(23)31/h2-10,15-16,19,24-25H,11-14,17-18,20,32H2,1H3/q+1. The maximum atomic E-state index is 7.04. The number of nitrogens with zero attached hydrogens (tertiary/aromatic N) is 6. The minimum Gasteiger partial charge on any atom is -0.343 e. The summed E-state index contributed by atoms with van der Waals surface area (Å²) in [6.45, 7) is 5.35. The zero-order valence-corrected chi connectivity index (χ0v) is 22.4. The number of benzene rings is 2. The molecule has 2 fully saturated rings. The number of hydrogen-bond acceptors (Lipinski definition) is 5. The first-order chi connectivity index (χ1) is 18.5. The molecule has 1 saturated heterocycles. The zero-order chi connectivity index (χ0) is 25.9. The van der Waals surface area contributed by atoms with Crippen LogP contribution in [0, 0.1) is 5.92 Å². The lowest BCUT2D eigenvalue weighted by Gasteiger charge is -2.45. The Hall–Kier alpha value is -3.07. The summed E-state index contributed by atoms with van der Waals surface area (Å²) in [6.07, 6.45) is 10.0. The molecule has 4 aliphatic rings. The lowest BCUT2D eigenvalue weighted by molar-refractivity contribution is -0.750. The van der Waals surface area contributed by atoms with Crippen LogP contribution < -0.4 is 5.84 Å². The van der Waals surface area contributed by atoms with Gasteiger partial charge in [0.2, 0.25) is 5.70 Å². The topological polar surface area (TPSA) is 62.1 Å². The molecule has 38 heavy (non-hydrogen) atoms. The predicted molar refractivity (Wildman–Crippen MR) is 154 cm³/mol. The molecule has 8 heteroatoms. The van der Waals surface area contributed by atoms with Crippen LogP contribution in [0.25, 0.3) is 10.9 Å². The lowest BCUT2D eigenvalue weighted by atomic mass is 9.76. The van der Waals surface area contributed by atoms with Gasteiger partial charge in [-0.3, -0.25) is 9.89 Å². The first-order valence-corrected chi connectivity index (χ1v) is 13.8. The van der Waals surface area contributed by atoms with E-state index in [1.165, 1.54) is 0 Å². The van der Waals surface area contributed by atoms with Crippen molar-refractivity contribution in [2.45, 2.75) is 25.4 Å². The van der Waals surface area contributed by atoms with Gasteiger partial charge in [0.25, 0.3) is 5.84 Å². The Bertz CT molecular complexity index is 1520. The molecule has 7 nitrogen and oxygen atoms in total. The number of aliphatic imine (C=N–C) groups is 2. The van der Waals surface area contributed by atoms with E-state index in [0.29, 0.717) is 12.0 Å². The van der Waals surface area contributed by atoms with Gasteiger partial charge in [-0.15, -0.1) is 4.59 Å². The number of piperazine rings is 1. The number of halogens is 1. The molecule has 194 valence electrons. The largest absolute Gasteiger partial charge is 0.343 e. The highest BCUT2D eigenvalue weighted by atomic mass is 35.5. The van der Waals surface area contributed by atoms with Crippen LogP contribution >= 0.6 is 11.6 Å². The molecule has 4 heterocycles. The normalized spacial score (nSPS) is 27.6. The van der Waals surface area contributed by atoms with Gasteiger partial charge in [0.05, 0.1) is 18.0 Å². The van der Waals surface area contributed by atoms with Crippen molar-refractivity contribution in [1.29, 1.82) is 0 Å². The van der Waals surface area contributed by atoms with E-state index in [2.05, 4.69) is 62.9 Å². The van der Waals surface area contributed by atoms with Crippen molar-refractivity contribution in [3.63, 3.8) is 0 Å². The second-order valence-corrected chi connectivity index (χ2v) is 11.4. The SMILES string of the molecule is CN1CCN(C2CC(C3=C4C=NC=C[N+]4(N)C(c4ccc5c(ccn5Cc5ccccc5Cl)c4)=N3)C2)CC1. The average molecular weight is 527 g/mol. The molecule has 3 aromatic rings. The maximum Gasteiger partial charge on any atom is 0.264 e. The highest BCUT2D eigenvalue weighted by molar-refractivity contribution is 6.31. The lowest BCUT2D eigenvalue weighted by Crippen LogP contribution is -2.54. The van der Waals surface area contributed by atoms with Gasteiger partial charge in [-0.1, -0.05) is 29.8 Å². The summed E-state index contributed by atoms with van der Waals surface area (Å²) in [6, 6.07) is 17.3. The number of fused-ring (bicyclic) bond motifs is 2. The third kappa shape index (κ3) is 3.97. The molecule has 1 aromatic heterocycles. The molecule has 0 spiro atoms. The van der Waals surface area contributed by atoms with Crippen LogP contribution in [0.5, 0.6) is 0 Å². The van der Waals surface area contributed by atoms with E-state index in [-0.39, 0.29) is 4.59 Å². The maximum absolute atomic E-state index is 7.04. The monoisotopic (exact) mass is 526 g/mol. The second kappa shape index (κ2) is 9.29. The van der Waals surface area contributed by atoms with Gasteiger partial charge in [0, 0.05) is 66.8 Å². The summed E-state index contributed by atoms with van der Waals surface area (Å²) in [4.78, 5) is 14.7. The summed E-state index contributed by atoms with van der Waals surface area (Å²) >= 11 is 6.43. The van der Waals surface area contributed by atoms with Crippen LogP contribution in [0.4, 0.5) is 0 Å². The summed E-state index contributed by atoms with van der Waals surface area (Å²) in [5, 5.41) is 1.95. The molecule has 0 amide bonds. The molecule has 0 radical (unpaired) electrons. The fraction of sp³-hybridized carbons (Fsp3) is 0.333. The Labute approximate surface area is 228 Å². The molecule has 0 bridgehead atoms. The fourth-order valence-corrected chi connectivity index (χ4v) is 6.49. The summed E-state index contributed by atoms with van der Waals surface area (Å²) in [7, 11) is 2.21. The summed E-state index contributed by atoms with van der Waals surface area (Å²) in [5.41, 5.74) is 5.42. The second-order valence-electron chi connectivity index (χ2n) is 11.0. The number of aromatic nitrogens is 1. The van der Waals surface area contributed by atoms with E-state index in [1.807, 2.05) is 30.6 Å². The Morgan fingerprint density at radius 2 is 1.87 bits per heavy atom. The molecule has 7 rings (SSSR count). The minimum absolute atomic E-state index is 0.0837. The van der Waals surface area contributed by atoms with Crippen molar-refractivity contribution in [2.75, 3.05) is 33.2 Å². The zero-order valence-electron chi connectivity index (χ0n) is 21.7. The van der Waals surface area contributed by atoms with Crippen LogP contribution in [0.15, 0.2) is 88.5 Å². The molecular formula is C30H33ClN7+. The molecule has 1 unspecified atom stereocenters. The molecule has 1 aliphatic carbocycles. The number of allylic oxidation sites excluding steroid dienone is 2. The Morgan fingerprint density at radius 3 is 2.68 bits per heavy atom. The van der Waals surface area contributed by atoms with Crippen LogP contribution in [-0.2, 0) is 6.54 Å². The molecule has 2 N–H and O–H groups in total. The molecule has 3 aliphatic heterocycles. The van der Waals surface area contributed by atoms with E-state index in [1.54, 1.807) is 6.20 Å². The first kappa shape index (κ1) is 24.0. The van der Waals surface area contributed by atoms with Gasteiger partial charge in [-0.25, -0.2) is 0 Å². The molecular weight excluding hydrogens is 494 g/mol. The van der Waals surface area contributed by atoms with E-state index in [0.717, 1.165) is 89.8 Å². The van der Waals surface area contributed by atoms with Crippen molar-refractivity contribution >= 4 is 34.6 Å². The van der Waals surface area contributed by atoms with Gasteiger partial charge in [0.1, 0.15) is 11.9 Å². The van der Waals surface area contributed by atoms with Crippen LogP contribution in [0.3, 0.4) is 0 Å². The molecule has 1 atom stereocenters. The van der Waals surface area contributed by atoms with E-state index < -0.39 is 0 Å². The molecule has 1 saturated carbocycles. The number of hydrogen-bond donors (Lipinski definition) is 1. The van der Waals surface area contributed by atoms with Crippen molar-refractivity contribution < 1.29 is 4.59 Å². The summed E-state index contributed by atoms with van der Waals surface area (Å²) in [5.74, 6) is 8.33. The minimum atomic E-state index is 0.0837. The number of nitrogens with two attached hydrogens (primary N) is 1. The van der Waals surface area contributed by atoms with Crippen LogP contribution in [0.1, 0.15) is 24.0 Å². The van der Waals surface area contributed by atoms with Crippen LogP contribution in [-0.4, -0.2) is 70.3 Å². The van der Waals surface area contributed by atoms with E-state index >= 15 is 0 Å². The van der Waals surface area contributed by atoms with E-state index in [4.69, 9.17) is 22.4 Å². The average Bonchev–Trinajstić information content (AvgIpc) is 3.43. The highest BCUT2D eigenvalue weighted by Crippen LogP contribution is 2.44. The van der Waals surface area contributed by atoms with Gasteiger partial charge in [0.15, 0.2) is 0 Å². The first-order valence-electron chi connectivity index (χ1n) is 13.5. The Morgan fingerprint density at radius 1 is 1.05 bits per heavy atom. The van der Waals surface area contributed by atoms with E-state index in [9.17, 15) is 0 Å². The predicted octanol–water partition coefficient (Wildman–Crippen LogP) is 4.59. The van der Waals surface area contributed by atoms with Crippen LogP contribution in [0.2, 0.25) is 5.02 Å². The third-order valence-electron chi connectivity index (χ3n) is 8.70. The van der Waals surface area contributed by atoms with Crippen molar-refractivity contribution in [3.8, 4) is 0 Å². The van der Waals surface area contributed by atoms with Crippen molar-refractivity contribution in [3.05, 3.63) is 94.7 Å². The smallest absolute Gasteiger partial charge is 0.264 e. The number of amidine groups is 1. The Kier molecular flexibility index (Phi) is 5.87. The van der Waals surface area contributed by atoms with Gasteiger partial charge < -0.3 is 9.47 Å². The van der Waals surface area contributed by atoms with Gasteiger partial charge in [-0.05, 0) is 55.8 Å². The molecule has 2 aromatic carbocycles. The van der Waals surface area contributed by atoms with Crippen molar-refractivity contribution in [2.24, 2.45) is 21.7 Å². The third-order valence-corrected chi connectivity index (χ3v) is 9.07. The highest BCUT2D eigenvalue weighted by Gasteiger charge is 2.49. The van der Waals surface area contributed by atoms with Gasteiger partial charge >= 0.3 is 0 Å². The van der Waals surface area contributed by atoms with Gasteiger partial charge in [-0.2, -0.15) is 10.8 Å². The van der Waals surface area contributed by atoms with Crippen molar-refractivity contribution in [1.82, 2.24) is 14.4 Å². The fourth-order valence-electron chi connectivity index (χ4n) is 6.29. The number of quaternary nitrogens is 1. The number of rotatable bonds is 5. The summed E-state index contributed by atoms with van der Waals surface area (Å²) < 4.78 is 2.32. The quantitative estimate of drug-likeness (QED) is 0.391. The Balaban J connectivity index is 1.16. The number of likely N-dealkylation sites (N-methyl/N-ethyl adjacent to an activating group) is 1.